The molecule has 3 rings (SSSR count). The summed E-state index contributed by atoms with van der Waals surface area (Å²) in [5, 5.41) is 15.2. The Morgan fingerprint density at radius 3 is 2.52 bits per heavy atom. The molecule has 1 aliphatic heterocycles. The van der Waals surface area contributed by atoms with Gasteiger partial charge in [-0.25, -0.2) is 8.42 Å². The molecular formula is C17H19ClN4O5S2. The van der Waals surface area contributed by atoms with E-state index in [2.05, 4.69) is 5.32 Å². The molecule has 1 aliphatic rings. The number of nitro benzene ring substituents is 1. The maximum Gasteiger partial charge on any atom is 0.271 e. The molecule has 1 atom stereocenters. The number of rotatable bonds is 6. The van der Waals surface area contributed by atoms with E-state index in [9.17, 15) is 23.3 Å². The van der Waals surface area contributed by atoms with E-state index in [-0.39, 0.29) is 35.4 Å². The van der Waals surface area contributed by atoms with E-state index in [0.717, 1.165) is 0 Å². The average molecular weight is 459 g/mol. The van der Waals surface area contributed by atoms with Crippen LogP contribution in [0.25, 0.3) is 0 Å². The van der Waals surface area contributed by atoms with Gasteiger partial charge in [0.2, 0.25) is 5.91 Å². The van der Waals surface area contributed by atoms with E-state index >= 15 is 0 Å². The maximum atomic E-state index is 12.6. The van der Waals surface area contributed by atoms with Crippen molar-refractivity contribution < 1.29 is 18.1 Å². The van der Waals surface area contributed by atoms with Gasteiger partial charge in [0.05, 0.1) is 21.7 Å². The molecule has 12 heteroatoms. The third kappa shape index (κ3) is 4.75. The van der Waals surface area contributed by atoms with Crippen molar-refractivity contribution in [3.05, 3.63) is 50.8 Å². The first-order valence-corrected chi connectivity index (χ1v) is 11.4. The normalized spacial score (nSPS) is 17.0. The zero-order chi connectivity index (χ0) is 21.2. The molecule has 0 radical (unpaired) electrons. The van der Waals surface area contributed by atoms with Crippen molar-refractivity contribution in [2.45, 2.75) is 17.2 Å². The topological polar surface area (TPSA) is 113 Å². The number of amides is 1. The number of sulfonamides is 1. The van der Waals surface area contributed by atoms with Crippen molar-refractivity contribution >= 4 is 50.2 Å². The number of carbonyl (C=O) groups is 1. The maximum absolute atomic E-state index is 12.6. The predicted octanol–water partition coefficient (Wildman–Crippen LogP) is 2.64. The van der Waals surface area contributed by atoms with Crippen LogP contribution in [0.1, 0.15) is 6.92 Å². The van der Waals surface area contributed by atoms with Gasteiger partial charge < -0.3 is 5.32 Å². The first kappa shape index (κ1) is 21.7. The summed E-state index contributed by atoms with van der Waals surface area (Å²) in [5.74, 6) is -0.324. The van der Waals surface area contributed by atoms with E-state index in [4.69, 9.17) is 11.6 Å². The van der Waals surface area contributed by atoms with Gasteiger partial charge in [0.1, 0.15) is 4.21 Å². The molecular weight excluding hydrogens is 440 g/mol. The lowest BCUT2D eigenvalue weighted by molar-refractivity contribution is -0.384. The van der Waals surface area contributed by atoms with Crippen LogP contribution in [0.4, 0.5) is 11.4 Å². The molecule has 0 saturated carbocycles. The molecule has 29 heavy (non-hydrogen) atoms. The Bertz CT molecular complexity index is 1000. The highest BCUT2D eigenvalue weighted by Gasteiger charge is 2.32. The SMILES string of the molecule is C[C@H](C(=O)Nc1ccc([N+](=O)[O-])cc1Cl)N1CCN(S(=O)(=O)c2cccs2)CC1. The molecule has 1 aromatic heterocycles. The summed E-state index contributed by atoms with van der Waals surface area (Å²) in [5.41, 5.74) is 0.122. The largest absolute Gasteiger partial charge is 0.323 e. The van der Waals surface area contributed by atoms with E-state index in [1.54, 1.807) is 24.4 Å². The van der Waals surface area contributed by atoms with Crippen molar-refractivity contribution in [3.63, 3.8) is 0 Å². The fraction of sp³-hybridized carbons (Fsp3) is 0.353. The van der Waals surface area contributed by atoms with Crippen LogP contribution in [0.3, 0.4) is 0 Å². The molecule has 0 spiro atoms. The first-order valence-electron chi connectivity index (χ1n) is 8.72. The number of benzene rings is 1. The molecule has 1 fully saturated rings. The predicted molar refractivity (Wildman–Crippen MR) is 111 cm³/mol. The Labute approximate surface area is 177 Å². The Hall–Kier alpha value is -2.05. The van der Waals surface area contributed by atoms with Crippen LogP contribution in [0.2, 0.25) is 5.02 Å². The van der Waals surface area contributed by atoms with Gasteiger partial charge >= 0.3 is 0 Å². The number of nitrogens with zero attached hydrogens (tertiary/aromatic N) is 3. The number of nitrogens with one attached hydrogen (secondary N) is 1. The average Bonchev–Trinajstić information content (AvgIpc) is 3.24. The van der Waals surface area contributed by atoms with Crippen LogP contribution in [-0.2, 0) is 14.8 Å². The number of carbonyl (C=O) groups excluding carboxylic acids is 1. The highest BCUT2D eigenvalue weighted by atomic mass is 35.5. The molecule has 0 aliphatic carbocycles. The number of thiophene rings is 1. The second kappa shape index (κ2) is 8.76. The molecule has 156 valence electrons. The third-order valence-electron chi connectivity index (χ3n) is 4.71. The van der Waals surface area contributed by atoms with Gasteiger partial charge in [-0.1, -0.05) is 17.7 Å². The first-order chi connectivity index (χ1) is 13.7. The van der Waals surface area contributed by atoms with Crippen LogP contribution >= 0.6 is 22.9 Å². The standard InChI is InChI=1S/C17H19ClN4O5S2/c1-12(17(23)19-15-5-4-13(22(24)25)11-14(15)18)20-6-8-21(9-7-20)29(26,27)16-3-2-10-28-16/h2-5,10-12H,6-9H2,1H3,(H,19,23)/t12-/m1/s1. The number of hydrogen-bond acceptors (Lipinski definition) is 7. The fourth-order valence-electron chi connectivity index (χ4n) is 2.99. The lowest BCUT2D eigenvalue weighted by atomic mass is 10.2. The zero-order valence-electron chi connectivity index (χ0n) is 15.4. The summed E-state index contributed by atoms with van der Waals surface area (Å²) in [4.78, 5) is 24.7. The molecule has 9 nitrogen and oxygen atoms in total. The molecule has 2 heterocycles. The van der Waals surface area contributed by atoms with E-state index in [1.165, 1.54) is 33.8 Å². The second-order valence-corrected chi connectivity index (χ2v) is 9.98. The third-order valence-corrected chi connectivity index (χ3v) is 8.30. The highest BCUT2D eigenvalue weighted by molar-refractivity contribution is 7.91. The lowest BCUT2D eigenvalue weighted by Crippen LogP contribution is -2.53. The Kier molecular flexibility index (Phi) is 6.54. The van der Waals surface area contributed by atoms with E-state index in [0.29, 0.717) is 17.3 Å². The molecule has 1 N–H and O–H groups in total. The van der Waals surface area contributed by atoms with Crippen LogP contribution in [-0.4, -0.2) is 60.7 Å². The number of anilines is 1. The lowest BCUT2D eigenvalue weighted by Gasteiger charge is -2.36. The minimum Gasteiger partial charge on any atom is -0.323 e. The summed E-state index contributed by atoms with van der Waals surface area (Å²) in [6.07, 6.45) is 0. The van der Waals surface area contributed by atoms with Gasteiger partial charge in [-0.3, -0.25) is 19.8 Å². The minimum atomic E-state index is -3.50. The number of hydrogen-bond donors (Lipinski definition) is 1. The summed E-state index contributed by atoms with van der Waals surface area (Å²) < 4.78 is 26.9. The molecule has 1 amide bonds. The highest BCUT2D eigenvalue weighted by Crippen LogP contribution is 2.27. The molecule has 1 saturated heterocycles. The van der Waals surface area contributed by atoms with E-state index < -0.39 is 21.0 Å². The smallest absolute Gasteiger partial charge is 0.271 e. The second-order valence-electron chi connectivity index (χ2n) is 6.46. The van der Waals surface area contributed by atoms with Crippen LogP contribution in [0.15, 0.2) is 39.9 Å². The number of non-ortho nitro benzene ring substituents is 1. The summed E-state index contributed by atoms with van der Waals surface area (Å²) >= 11 is 7.20. The molecule has 0 bridgehead atoms. The Morgan fingerprint density at radius 1 is 1.28 bits per heavy atom. The number of piperazine rings is 1. The van der Waals surface area contributed by atoms with Crippen LogP contribution in [0.5, 0.6) is 0 Å². The minimum absolute atomic E-state index is 0.0756. The molecule has 2 aromatic rings. The van der Waals surface area contributed by atoms with E-state index in [1.807, 2.05) is 4.90 Å². The fourth-order valence-corrected chi connectivity index (χ4v) is 5.78. The van der Waals surface area contributed by atoms with Crippen molar-refractivity contribution in [3.8, 4) is 0 Å². The van der Waals surface area contributed by atoms with Gasteiger partial charge in [-0.2, -0.15) is 4.31 Å². The van der Waals surface area contributed by atoms with Crippen molar-refractivity contribution in [2.24, 2.45) is 0 Å². The molecule has 0 unspecified atom stereocenters. The van der Waals surface area contributed by atoms with Gasteiger partial charge in [0.25, 0.3) is 15.7 Å². The van der Waals surface area contributed by atoms with Crippen molar-refractivity contribution in [1.82, 2.24) is 9.21 Å². The summed E-state index contributed by atoms with van der Waals surface area (Å²) in [6.45, 7) is 3.12. The zero-order valence-corrected chi connectivity index (χ0v) is 17.8. The Morgan fingerprint density at radius 2 is 1.97 bits per heavy atom. The Balaban J connectivity index is 1.60. The van der Waals surface area contributed by atoms with Crippen molar-refractivity contribution in [1.29, 1.82) is 0 Å². The summed E-state index contributed by atoms with van der Waals surface area (Å²) in [6, 6.07) is 6.58. The van der Waals surface area contributed by atoms with Gasteiger partial charge in [-0.15, -0.1) is 11.3 Å². The quantitative estimate of drug-likeness (QED) is 0.526. The number of nitro groups is 1. The van der Waals surface area contributed by atoms with Crippen LogP contribution in [0, 0.1) is 10.1 Å². The number of halogens is 1. The van der Waals surface area contributed by atoms with Gasteiger partial charge in [-0.05, 0) is 24.4 Å². The van der Waals surface area contributed by atoms with Crippen molar-refractivity contribution in [2.75, 3.05) is 31.5 Å². The van der Waals surface area contributed by atoms with Gasteiger partial charge in [0, 0.05) is 38.3 Å². The van der Waals surface area contributed by atoms with Crippen LogP contribution < -0.4 is 5.32 Å². The summed E-state index contributed by atoms with van der Waals surface area (Å²) in [7, 11) is -3.50. The monoisotopic (exact) mass is 458 g/mol. The van der Waals surface area contributed by atoms with Gasteiger partial charge in [0.15, 0.2) is 0 Å². The molecule has 1 aromatic carbocycles.